The Morgan fingerprint density at radius 1 is 1.18 bits per heavy atom. The number of benzene rings is 1. The van der Waals surface area contributed by atoms with Gasteiger partial charge >= 0.3 is 6.01 Å². The molecule has 1 aromatic heterocycles. The van der Waals surface area contributed by atoms with Gasteiger partial charge in [-0.05, 0) is 35.9 Å². The van der Waals surface area contributed by atoms with Crippen molar-refractivity contribution in [3.05, 3.63) is 29.5 Å². The lowest BCUT2D eigenvalue weighted by Crippen LogP contribution is -2.01. The number of nitrogens with zero attached hydrogens (tertiary/aromatic N) is 3. The Labute approximate surface area is 102 Å². The Balaban J connectivity index is 2.23. The van der Waals surface area contributed by atoms with Gasteiger partial charge in [0.2, 0.25) is 11.2 Å². The van der Waals surface area contributed by atoms with E-state index in [1.54, 1.807) is 24.3 Å². The lowest BCUT2D eigenvalue weighted by atomic mass is 10.3. The van der Waals surface area contributed by atoms with Gasteiger partial charge in [0.15, 0.2) is 0 Å². The van der Waals surface area contributed by atoms with Gasteiger partial charge in [-0.3, -0.25) is 0 Å². The Morgan fingerprint density at radius 2 is 1.88 bits per heavy atom. The molecule has 1 aromatic carbocycles. The molecule has 0 saturated carbocycles. The molecule has 2 N–H and O–H groups in total. The summed E-state index contributed by atoms with van der Waals surface area (Å²) in [5.74, 6) is 0.453. The molecule has 2 rings (SSSR count). The largest absolute Gasteiger partial charge is 0.508 e. The van der Waals surface area contributed by atoms with Crippen molar-refractivity contribution in [3.8, 4) is 11.8 Å². The molecule has 7 heteroatoms. The van der Waals surface area contributed by atoms with Gasteiger partial charge in [-0.25, -0.2) is 0 Å². The second-order valence-electron chi connectivity index (χ2n) is 3.09. The highest BCUT2D eigenvalue weighted by atomic mass is 35.5. The minimum absolute atomic E-state index is 0.0399. The standard InChI is InChI=1S/C10H9ClN4O2/c1-17-10-14-8(11)13-9(15-10)12-6-2-4-7(16)5-3-6/h2-5,16H,1H3,(H,12,13,14,15). The Hall–Kier alpha value is -2.08. The van der Waals surface area contributed by atoms with Crippen LogP contribution < -0.4 is 10.1 Å². The number of phenolic OH excluding ortho intramolecular Hbond substituents is 1. The molecule has 0 unspecified atom stereocenters. The fraction of sp³-hybridized carbons (Fsp3) is 0.100. The summed E-state index contributed by atoms with van der Waals surface area (Å²) in [7, 11) is 1.44. The van der Waals surface area contributed by atoms with Crippen molar-refractivity contribution >= 4 is 23.2 Å². The van der Waals surface area contributed by atoms with Crippen molar-refractivity contribution in [3.63, 3.8) is 0 Å². The molecule has 0 radical (unpaired) electrons. The van der Waals surface area contributed by atoms with Gasteiger partial charge in [0.05, 0.1) is 7.11 Å². The number of aromatic nitrogens is 3. The van der Waals surface area contributed by atoms with E-state index in [0.717, 1.165) is 0 Å². The zero-order valence-electron chi connectivity index (χ0n) is 8.88. The predicted molar refractivity (Wildman–Crippen MR) is 62.8 cm³/mol. The van der Waals surface area contributed by atoms with Crippen molar-refractivity contribution in [1.29, 1.82) is 0 Å². The molecule has 2 aromatic rings. The monoisotopic (exact) mass is 252 g/mol. The van der Waals surface area contributed by atoms with Gasteiger partial charge < -0.3 is 15.2 Å². The van der Waals surface area contributed by atoms with Crippen LogP contribution in [0.2, 0.25) is 5.28 Å². The third-order valence-electron chi connectivity index (χ3n) is 1.89. The van der Waals surface area contributed by atoms with Gasteiger partial charge in [-0.1, -0.05) is 0 Å². The maximum Gasteiger partial charge on any atom is 0.322 e. The molecule has 0 aliphatic rings. The van der Waals surface area contributed by atoms with Crippen LogP contribution in [0.5, 0.6) is 11.8 Å². The number of methoxy groups -OCH3 is 1. The van der Waals surface area contributed by atoms with Crippen molar-refractivity contribution in [2.45, 2.75) is 0 Å². The summed E-state index contributed by atoms with van der Waals surface area (Å²) in [6, 6.07) is 6.58. The number of anilines is 2. The number of halogens is 1. The van der Waals surface area contributed by atoms with E-state index in [4.69, 9.17) is 21.4 Å². The van der Waals surface area contributed by atoms with Crippen LogP contribution in [0, 0.1) is 0 Å². The van der Waals surface area contributed by atoms with E-state index in [1.165, 1.54) is 7.11 Å². The van der Waals surface area contributed by atoms with E-state index < -0.39 is 0 Å². The average molecular weight is 253 g/mol. The van der Waals surface area contributed by atoms with E-state index in [2.05, 4.69) is 20.3 Å². The molecular weight excluding hydrogens is 244 g/mol. The smallest absolute Gasteiger partial charge is 0.322 e. The van der Waals surface area contributed by atoms with Crippen LogP contribution in [0.3, 0.4) is 0 Å². The number of aromatic hydroxyl groups is 1. The lowest BCUT2D eigenvalue weighted by Gasteiger charge is -2.05. The minimum Gasteiger partial charge on any atom is -0.508 e. The minimum atomic E-state index is 0.0399. The van der Waals surface area contributed by atoms with Crippen LogP contribution in [-0.2, 0) is 0 Å². The second kappa shape index (κ2) is 4.84. The topological polar surface area (TPSA) is 80.2 Å². The van der Waals surface area contributed by atoms with Gasteiger partial charge in [0.25, 0.3) is 0 Å². The number of rotatable bonds is 3. The molecule has 0 spiro atoms. The van der Waals surface area contributed by atoms with Crippen LogP contribution >= 0.6 is 11.6 Å². The van der Waals surface area contributed by atoms with Crippen molar-refractivity contribution in [2.24, 2.45) is 0 Å². The maximum atomic E-state index is 9.14. The third-order valence-corrected chi connectivity index (χ3v) is 2.06. The zero-order chi connectivity index (χ0) is 12.3. The Morgan fingerprint density at radius 3 is 2.53 bits per heavy atom. The van der Waals surface area contributed by atoms with E-state index >= 15 is 0 Å². The number of ether oxygens (including phenoxy) is 1. The maximum absolute atomic E-state index is 9.14. The molecule has 0 aliphatic carbocycles. The van der Waals surface area contributed by atoms with Gasteiger partial charge in [0.1, 0.15) is 5.75 Å². The van der Waals surface area contributed by atoms with Crippen LogP contribution in [-0.4, -0.2) is 27.2 Å². The Bertz CT molecular complexity index is 518. The number of nitrogens with one attached hydrogen (secondary N) is 1. The molecule has 0 aliphatic heterocycles. The van der Waals surface area contributed by atoms with Crippen LogP contribution in [0.4, 0.5) is 11.6 Å². The number of hydrogen-bond acceptors (Lipinski definition) is 6. The van der Waals surface area contributed by atoms with Crippen LogP contribution in [0.15, 0.2) is 24.3 Å². The van der Waals surface area contributed by atoms with Crippen molar-refractivity contribution in [1.82, 2.24) is 15.0 Å². The summed E-state index contributed by atoms with van der Waals surface area (Å²) in [5.41, 5.74) is 0.715. The zero-order valence-corrected chi connectivity index (χ0v) is 9.64. The highest BCUT2D eigenvalue weighted by molar-refractivity contribution is 6.28. The first kappa shape index (κ1) is 11.4. The van der Waals surface area contributed by atoms with Gasteiger partial charge in [0, 0.05) is 5.69 Å². The first-order valence-electron chi connectivity index (χ1n) is 4.69. The van der Waals surface area contributed by atoms with E-state index in [-0.39, 0.29) is 23.0 Å². The SMILES string of the molecule is COc1nc(Cl)nc(Nc2ccc(O)cc2)n1. The normalized spacial score (nSPS) is 10.0. The first-order chi connectivity index (χ1) is 8.17. The molecule has 1 heterocycles. The van der Waals surface area contributed by atoms with Crippen LogP contribution in [0.1, 0.15) is 0 Å². The molecule has 17 heavy (non-hydrogen) atoms. The third kappa shape index (κ3) is 2.94. The summed E-state index contributed by atoms with van der Waals surface area (Å²) in [6.45, 7) is 0. The second-order valence-corrected chi connectivity index (χ2v) is 3.42. The van der Waals surface area contributed by atoms with Crippen molar-refractivity contribution in [2.75, 3.05) is 12.4 Å². The number of hydrogen-bond donors (Lipinski definition) is 2. The van der Waals surface area contributed by atoms with E-state index in [1.807, 2.05) is 0 Å². The number of phenols is 1. The summed E-state index contributed by atoms with van der Waals surface area (Å²) >= 11 is 5.70. The first-order valence-corrected chi connectivity index (χ1v) is 5.07. The molecule has 0 amide bonds. The molecule has 0 fully saturated rings. The molecular formula is C10H9ClN4O2. The van der Waals surface area contributed by atoms with E-state index in [0.29, 0.717) is 5.69 Å². The molecule has 0 bridgehead atoms. The molecule has 0 saturated heterocycles. The van der Waals surface area contributed by atoms with E-state index in [9.17, 15) is 0 Å². The molecule has 0 atom stereocenters. The predicted octanol–water partition coefficient (Wildman–Crippen LogP) is 1.98. The average Bonchev–Trinajstić information content (AvgIpc) is 2.31. The summed E-state index contributed by atoms with van der Waals surface area (Å²) in [4.78, 5) is 11.6. The molecule has 88 valence electrons. The van der Waals surface area contributed by atoms with Crippen molar-refractivity contribution < 1.29 is 9.84 Å². The van der Waals surface area contributed by atoms with Crippen LogP contribution in [0.25, 0.3) is 0 Å². The lowest BCUT2D eigenvalue weighted by molar-refractivity contribution is 0.379. The fourth-order valence-corrected chi connectivity index (χ4v) is 1.31. The highest BCUT2D eigenvalue weighted by Gasteiger charge is 2.05. The highest BCUT2D eigenvalue weighted by Crippen LogP contribution is 2.18. The van der Waals surface area contributed by atoms with Gasteiger partial charge in [-0.15, -0.1) is 0 Å². The summed E-state index contributed by atoms with van der Waals surface area (Å²) in [5, 5.41) is 12.1. The molecule has 6 nitrogen and oxygen atoms in total. The Kier molecular flexibility index (Phi) is 3.24. The summed E-state index contributed by atoms with van der Waals surface area (Å²) < 4.78 is 4.87. The van der Waals surface area contributed by atoms with Gasteiger partial charge in [-0.2, -0.15) is 15.0 Å². The fourth-order valence-electron chi connectivity index (χ4n) is 1.15. The quantitative estimate of drug-likeness (QED) is 0.813. The summed E-state index contributed by atoms with van der Waals surface area (Å²) in [6.07, 6.45) is 0.